The number of benzene rings is 2. The average Bonchev–Trinajstić information content (AvgIpc) is 3.01. The number of aryl methyl sites for hydroxylation is 2. The van der Waals surface area contributed by atoms with E-state index in [9.17, 15) is 4.79 Å². The molecule has 0 spiro atoms. The molecule has 0 amide bonds. The Kier molecular flexibility index (Phi) is 5.76. The first-order chi connectivity index (χ1) is 12.9. The molecule has 1 N–H and O–H groups in total. The number of carbonyl (C=O) groups is 1. The second-order valence-corrected chi connectivity index (χ2v) is 7.51. The average molecular weight is 382 g/mol. The Balaban J connectivity index is 1.65. The van der Waals surface area contributed by atoms with Crippen molar-refractivity contribution < 1.29 is 14.6 Å². The molecule has 140 valence electrons. The number of thiazole rings is 1. The molecule has 3 rings (SSSR count). The maximum absolute atomic E-state index is 10.8. The topological polar surface area (TPSA) is 62.7 Å². The number of hydrogen-bond donors (Lipinski definition) is 1. The lowest BCUT2D eigenvalue weighted by Gasteiger charge is -2.17. The van der Waals surface area contributed by atoms with Gasteiger partial charge in [0.1, 0.15) is 23.9 Å². The number of ether oxygens (including phenoxy) is 1. The molecule has 0 saturated heterocycles. The van der Waals surface area contributed by atoms with Gasteiger partial charge in [0.2, 0.25) is 0 Å². The van der Waals surface area contributed by atoms with Gasteiger partial charge in [-0.05, 0) is 38.1 Å². The second kappa shape index (κ2) is 8.22. The van der Waals surface area contributed by atoms with Crippen molar-refractivity contribution in [3.8, 4) is 16.3 Å². The van der Waals surface area contributed by atoms with Crippen LogP contribution >= 0.6 is 11.3 Å². The van der Waals surface area contributed by atoms with Crippen LogP contribution in [-0.4, -0.2) is 29.7 Å². The molecule has 0 atom stereocenters. The maximum atomic E-state index is 10.8. The van der Waals surface area contributed by atoms with E-state index in [2.05, 4.69) is 36.2 Å². The summed E-state index contributed by atoms with van der Waals surface area (Å²) >= 11 is 1.64. The van der Waals surface area contributed by atoms with Gasteiger partial charge >= 0.3 is 5.97 Å². The normalized spacial score (nSPS) is 10.6. The highest BCUT2D eigenvalue weighted by atomic mass is 32.1. The van der Waals surface area contributed by atoms with Gasteiger partial charge in [0, 0.05) is 18.3 Å². The van der Waals surface area contributed by atoms with Gasteiger partial charge in [-0.2, -0.15) is 0 Å². The van der Waals surface area contributed by atoms with Crippen molar-refractivity contribution in [3.05, 3.63) is 64.7 Å². The minimum atomic E-state index is -0.858. The molecule has 0 aliphatic rings. The Hall–Kier alpha value is -2.86. The van der Waals surface area contributed by atoms with Crippen molar-refractivity contribution in [1.29, 1.82) is 0 Å². The number of aliphatic carboxylic acids is 1. The lowest BCUT2D eigenvalue weighted by molar-refractivity contribution is -0.135. The summed E-state index contributed by atoms with van der Waals surface area (Å²) in [5, 5.41) is 9.86. The predicted molar refractivity (Wildman–Crippen MR) is 109 cm³/mol. The quantitative estimate of drug-likeness (QED) is 0.651. The highest BCUT2D eigenvalue weighted by molar-refractivity contribution is 7.15. The van der Waals surface area contributed by atoms with E-state index < -0.39 is 5.97 Å². The standard InChI is InChI=1S/C21H22N2O3S/c1-14-4-6-16(7-5-14)21-22-15(2)19(27-21)13-26-18-10-8-17(9-11-18)23(3)12-20(24)25/h4-11H,12-13H2,1-3H3,(H,24,25). The van der Waals surface area contributed by atoms with Gasteiger partial charge in [-0.15, -0.1) is 11.3 Å². The van der Waals surface area contributed by atoms with E-state index in [4.69, 9.17) is 9.84 Å². The third-order valence-corrected chi connectivity index (χ3v) is 5.39. The van der Waals surface area contributed by atoms with Crippen LogP contribution in [0.1, 0.15) is 16.1 Å². The van der Waals surface area contributed by atoms with Crippen LogP contribution in [0, 0.1) is 13.8 Å². The minimum Gasteiger partial charge on any atom is -0.488 e. The molecule has 2 aromatic carbocycles. The van der Waals surface area contributed by atoms with Crippen molar-refractivity contribution in [3.63, 3.8) is 0 Å². The SMILES string of the molecule is Cc1ccc(-c2nc(C)c(COc3ccc(N(C)CC(=O)O)cc3)s2)cc1. The van der Waals surface area contributed by atoms with Crippen molar-refractivity contribution in [2.24, 2.45) is 0 Å². The Bertz CT molecular complexity index is 918. The first kappa shape index (κ1) is 18.9. The number of aromatic nitrogens is 1. The lowest BCUT2D eigenvalue weighted by atomic mass is 10.2. The third-order valence-electron chi connectivity index (χ3n) is 4.21. The van der Waals surface area contributed by atoms with E-state index in [0.29, 0.717) is 6.61 Å². The number of carboxylic acids is 1. The van der Waals surface area contributed by atoms with Crippen LogP contribution in [0.3, 0.4) is 0 Å². The van der Waals surface area contributed by atoms with Gasteiger partial charge in [0.05, 0.1) is 10.6 Å². The number of hydrogen-bond acceptors (Lipinski definition) is 5. The second-order valence-electron chi connectivity index (χ2n) is 6.43. The van der Waals surface area contributed by atoms with Crippen LogP contribution in [0.4, 0.5) is 5.69 Å². The van der Waals surface area contributed by atoms with Gasteiger partial charge in [0.25, 0.3) is 0 Å². The molecule has 5 nitrogen and oxygen atoms in total. The number of likely N-dealkylation sites (N-methyl/N-ethyl adjacent to an activating group) is 1. The van der Waals surface area contributed by atoms with Gasteiger partial charge in [-0.1, -0.05) is 29.8 Å². The smallest absolute Gasteiger partial charge is 0.323 e. The molecular formula is C21H22N2O3S. The highest BCUT2D eigenvalue weighted by Crippen LogP contribution is 2.29. The van der Waals surface area contributed by atoms with E-state index in [0.717, 1.165) is 32.6 Å². The Morgan fingerprint density at radius 3 is 2.41 bits per heavy atom. The summed E-state index contributed by atoms with van der Waals surface area (Å²) in [5.41, 5.74) is 4.16. The Labute approximate surface area is 162 Å². The molecule has 27 heavy (non-hydrogen) atoms. The zero-order valence-corrected chi connectivity index (χ0v) is 16.4. The number of anilines is 1. The maximum Gasteiger partial charge on any atom is 0.323 e. The van der Waals surface area contributed by atoms with E-state index in [1.165, 1.54) is 5.56 Å². The first-order valence-corrected chi connectivity index (χ1v) is 9.43. The molecule has 0 radical (unpaired) electrons. The summed E-state index contributed by atoms with van der Waals surface area (Å²) in [6, 6.07) is 15.8. The number of rotatable bonds is 7. The molecular weight excluding hydrogens is 360 g/mol. The van der Waals surface area contributed by atoms with Crippen molar-refractivity contribution in [1.82, 2.24) is 4.98 Å². The van der Waals surface area contributed by atoms with Gasteiger partial charge < -0.3 is 14.7 Å². The molecule has 0 fully saturated rings. The molecule has 1 aromatic heterocycles. The summed E-state index contributed by atoms with van der Waals surface area (Å²) in [4.78, 5) is 18.2. The fraction of sp³-hybridized carbons (Fsp3) is 0.238. The van der Waals surface area contributed by atoms with Crippen LogP contribution in [0.2, 0.25) is 0 Å². The monoisotopic (exact) mass is 382 g/mol. The molecule has 0 unspecified atom stereocenters. The zero-order chi connectivity index (χ0) is 19.4. The largest absolute Gasteiger partial charge is 0.488 e. The van der Waals surface area contributed by atoms with Gasteiger partial charge in [-0.3, -0.25) is 4.79 Å². The fourth-order valence-corrected chi connectivity index (χ4v) is 3.60. The summed E-state index contributed by atoms with van der Waals surface area (Å²) in [5.74, 6) is -0.116. The van der Waals surface area contributed by atoms with Gasteiger partial charge in [-0.25, -0.2) is 4.98 Å². The van der Waals surface area contributed by atoms with Gasteiger partial charge in [0.15, 0.2) is 0 Å². The minimum absolute atomic E-state index is 0.0396. The molecule has 0 aliphatic carbocycles. The lowest BCUT2D eigenvalue weighted by Crippen LogP contribution is -2.24. The number of carboxylic acid groups (broad SMARTS) is 1. The first-order valence-electron chi connectivity index (χ1n) is 8.61. The fourth-order valence-electron chi connectivity index (χ4n) is 2.62. The third kappa shape index (κ3) is 4.86. The summed E-state index contributed by atoms with van der Waals surface area (Å²) in [7, 11) is 1.75. The van der Waals surface area contributed by atoms with Crippen LogP contribution in [0.25, 0.3) is 10.6 Å². The Morgan fingerprint density at radius 2 is 1.78 bits per heavy atom. The van der Waals surface area contributed by atoms with E-state index >= 15 is 0 Å². The highest BCUT2D eigenvalue weighted by Gasteiger charge is 2.11. The van der Waals surface area contributed by atoms with Crippen LogP contribution < -0.4 is 9.64 Å². The van der Waals surface area contributed by atoms with Crippen molar-refractivity contribution in [2.45, 2.75) is 20.5 Å². The molecule has 1 heterocycles. The van der Waals surface area contributed by atoms with E-state index in [-0.39, 0.29) is 6.54 Å². The molecule has 0 bridgehead atoms. The van der Waals surface area contributed by atoms with E-state index in [1.807, 2.05) is 31.2 Å². The van der Waals surface area contributed by atoms with E-state index in [1.54, 1.807) is 23.3 Å². The molecule has 0 saturated carbocycles. The van der Waals surface area contributed by atoms with Crippen LogP contribution in [-0.2, 0) is 11.4 Å². The van der Waals surface area contributed by atoms with Crippen molar-refractivity contribution in [2.75, 3.05) is 18.5 Å². The molecule has 3 aromatic rings. The molecule has 0 aliphatic heterocycles. The van der Waals surface area contributed by atoms with Crippen molar-refractivity contribution >= 4 is 23.0 Å². The Morgan fingerprint density at radius 1 is 1.11 bits per heavy atom. The summed E-state index contributed by atoms with van der Waals surface area (Å²) in [6.07, 6.45) is 0. The summed E-state index contributed by atoms with van der Waals surface area (Å²) < 4.78 is 5.89. The van der Waals surface area contributed by atoms with Crippen LogP contribution in [0.5, 0.6) is 5.75 Å². The predicted octanol–water partition coefficient (Wildman–Crippen LogP) is 4.53. The molecule has 6 heteroatoms. The zero-order valence-electron chi connectivity index (χ0n) is 15.6. The summed E-state index contributed by atoms with van der Waals surface area (Å²) in [6.45, 7) is 4.49. The number of nitrogens with zero attached hydrogens (tertiary/aromatic N) is 2. The van der Waals surface area contributed by atoms with Crippen LogP contribution in [0.15, 0.2) is 48.5 Å².